The highest BCUT2D eigenvalue weighted by Crippen LogP contribution is 2.44. The minimum Gasteiger partial charge on any atom is -0.481 e. The van der Waals surface area contributed by atoms with Crippen LogP contribution in [0, 0.1) is 5.92 Å². The molecule has 0 radical (unpaired) electrons. The summed E-state index contributed by atoms with van der Waals surface area (Å²) in [5, 5.41) is 11.8. The quantitative estimate of drug-likeness (QED) is 0.633. The maximum atomic E-state index is 13.0. The molecule has 2 amide bonds. The molecule has 1 aliphatic heterocycles. The Morgan fingerprint density at radius 2 is 1.73 bits per heavy atom. The van der Waals surface area contributed by atoms with Crippen LogP contribution in [0.3, 0.4) is 0 Å². The molecule has 1 heterocycles. The summed E-state index contributed by atoms with van der Waals surface area (Å²) >= 11 is 0. The molecule has 2 aromatic carbocycles. The monoisotopic (exact) mass is 450 g/mol. The molecule has 1 fully saturated rings. The summed E-state index contributed by atoms with van der Waals surface area (Å²) in [6.07, 6.45) is 1.47. The van der Waals surface area contributed by atoms with Crippen molar-refractivity contribution in [3.05, 3.63) is 59.7 Å². The van der Waals surface area contributed by atoms with Gasteiger partial charge in [0.05, 0.1) is 12.3 Å². The van der Waals surface area contributed by atoms with Gasteiger partial charge in [-0.1, -0.05) is 55.5 Å². The van der Waals surface area contributed by atoms with Crippen molar-refractivity contribution in [2.24, 2.45) is 5.92 Å². The van der Waals surface area contributed by atoms with Gasteiger partial charge in [-0.2, -0.15) is 0 Å². The molecule has 0 bridgehead atoms. The Balaban J connectivity index is 1.33. The Labute approximate surface area is 193 Å². The van der Waals surface area contributed by atoms with Gasteiger partial charge in [-0.05, 0) is 41.5 Å². The van der Waals surface area contributed by atoms with E-state index in [1.54, 1.807) is 4.90 Å². The van der Waals surface area contributed by atoms with E-state index < -0.39 is 18.0 Å². The van der Waals surface area contributed by atoms with E-state index >= 15 is 0 Å². The predicted octanol–water partition coefficient (Wildman–Crippen LogP) is 4.02. The van der Waals surface area contributed by atoms with E-state index in [0.29, 0.717) is 19.4 Å². The number of ether oxygens (including phenoxy) is 1. The molecular weight excluding hydrogens is 420 g/mol. The minimum absolute atomic E-state index is 0.0202. The zero-order valence-corrected chi connectivity index (χ0v) is 18.8. The van der Waals surface area contributed by atoms with E-state index in [-0.39, 0.29) is 37.4 Å². The van der Waals surface area contributed by atoms with Gasteiger partial charge in [0.15, 0.2) is 0 Å². The van der Waals surface area contributed by atoms with Gasteiger partial charge in [0.25, 0.3) is 0 Å². The lowest BCUT2D eigenvalue weighted by Crippen LogP contribution is -2.44. The highest BCUT2D eigenvalue weighted by molar-refractivity contribution is 5.81. The lowest BCUT2D eigenvalue weighted by Gasteiger charge is -2.28. The van der Waals surface area contributed by atoms with Crippen LogP contribution in [0.1, 0.15) is 49.7 Å². The number of carboxylic acid groups (broad SMARTS) is 1. The first-order valence-electron chi connectivity index (χ1n) is 11.6. The standard InChI is InChI=1S/C26H30N2O5/c1-2-17(25(31)28-13-7-8-18(28)14-24(29)30)15-27-26(32)33-16-23-21-11-5-3-9-19(21)20-10-4-6-12-22(20)23/h3-6,9-12,17-18,23H,2,7-8,13-16H2,1H3,(H,27,32)(H,29,30)/t17?,18-/m0/s1. The number of carboxylic acids is 1. The van der Waals surface area contributed by atoms with Crippen LogP contribution >= 0.6 is 0 Å². The van der Waals surface area contributed by atoms with E-state index in [1.807, 2.05) is 31.2 Å². The molecule has 0 saturated carbocycles. The zero-order chi connectivity index (χ0) is 23.4. The topological polar surface area (TPSA) is 95.9 Å². The predicted molar refractivity (Wildman–Crippen MR) is 124 cm³/mol. The third kappa shape index (κ3) is 4.87. The number of carbonyl (C=O) groups is 3. The summed E-state index contributed by atoms with van der Waals surface area (Å²) in [4.78, 5) is 38.2. The van der Waals surface area contributed by atoms with E-state index in [9.17, 15) is 14.4 Å². The lowest BCUT2D eigenvalue weighted by atomic mass is 9.98. The average Bonchev–Trinajstić information content (AvgIpc) is 3.40. The number of carbonyl (C=O) groups excluding carboxylic acids is 2. The second-order valence-electron chi connectivity index (χ2n) is 8.74. The maximum Gasteiger partial charge on any atom is 0.407 e. The summed E-state index contributed by atoms with van der Waals surface area (Å²) in [6, 6.07) is 16.0. The summed E-state index contributed by atoms with van der Waals surface area (Å²) in [5.41, 5.74) is 4.62. The van der Waals surface area contributed by atoms with Crippen LogP contribution in [-0.4, -0.2) is 53.7 Å². The van der Waals surface area contributed by atoms with Crippen LogP contribution < -0.4 is 5.32 Å². The Morgan fingerprint density at radius 1 is 1.09 bits per heavy atom. The van der Waals surface area contributed by atoms with Crippen LogP contribution in [-0.2, 0) is 14.3 Å². The van der Waals surface area contributed by atoms with Gasteiger partial charge in [-0.3, -0.25) is 9.59 Å². The number of amides is 2. The largest absolute Gasteiger partial charge is 0.481 e. The number of benzene rings is 2. The number of hydrogen-bond acceptors (Lipinski definition) is 4. The second-order valence-corrected chi connectivity index (χ2v) is 8.74. The minimum atomic E-state index is -0.899. The van der Waals surface area contributed by atoms with Crippen molar-refractivity contribution >= 4 is 18.0 Å². The molecule has 174 valence electrons. The Bertz CT molecular complexity index is 991. The number of alkyl carbamates (subject to hydrolysis) is 1. The molecule has 4 rings (SSSR count). The molecule has 7 nitrogen and oxygen atoms in total. The lowest BCUT2D eigenvalue weighted by molar-refractivity contribution is -0.141. The van der Waals surface area contributed by atoms with E-state index in [0.717, 1.165) is 17.5 Å². The number of nitrogens with one attached hydrogen (secondary N) is 1. The Morgan fingerprint density at radius 3 is 2.33 bits per heavy atom. The smallest absolute Gasteiger partial charge is 0.407 e. The van der Waals surface area contributed by atoms with Gasteiger partial charge < -0.3 is 20.1 Å². The molecular formula is C26H30N2O5. The normalized spacial score (nSPS) is 17.8. The highest BCUT2D eigenvalue weighted by Gasteiger charge is 2.34. The molecule has 2 N–H and O–H groups in total. The molecule has 1 aliphatic carbocycles. The fraction of sp³-hybridized carbons (Fsp3) is 0.423. The summed E-state index contributed by atoms with van der Waals surface area (Å²) in [6.45, 7) is 2.85. The molecule has 1 unspecified atom stereocenters. The van der Waals surface area contributed by atoms with Crippen LogP contribution in [0.4, 0.5) is 4.79 Å². The van der Waals surface area contributed by atoms with Crippen molar-refractivity contribution in [1.82, 2.24) is 10.2 Å². The van der Waals surface area contributed by atoms with Crippen molar-refractivity contribution in [3.8, 4) is 11.1 Å². The fourth-order valence-electron chi connectivity index (χ4n) is 5.04. The zero-order valence-electron chi connectivity index (χ0n) is 18.8. The first-order valence-corrected chi connectivity index (χ1v) is 11.6. The van der Waals surface area contributed by atoms with Gasteiger partial charge in [0, 0.05) is 25.0 Å². The molecule has 2 aliphatic rings. The van der Waals surface area contributed by atoms with Crippen LogP contribution in [0.5, 0.6) is 0 Å². The number of nitrogens with zero attached hydrogens (tertiary/aromatic N) is 1. The molecule has 2 aromatic rings. The third-order valence-corrected chi connectivity index (χ3v) is 6.75. The van der Waals surface area contributed by atoms with E-state index in [2.05, 4.69) is 29.6 Å². The second kappa shape index (κ2) is 10.1. The van der Waals surface area contributed by atoms with Crippen LogP contribution in [0.2, 0.25) is 0 Å². The number of hydrogen-bond donors (Lipinski definition) is 2. The SMILES string of the molecule is CCC(CNC(=O)OCC1c2ccccc2-c2ccccc21)C(=O)N1CCC[C@H]1CC(=O)O. The van der Waals surface area contributed by atoms with Crippen molar-refractivity contribution in [3.63, 3.8) is 0 Å². The Hall–Kier alpha value is -3.35. The van der Waals surface area contributed by atoms with Crippen LogP contribution in [0.15, 0.2) is 48.5 Å². The molecule has 1 saturated heterocycles. The third-order valence-electron chi connectivity index (χ3n) is 6.75. The number of aliphatic carboxylic acids is 1. The van der Waals surface area contributed by atoms with E-state index in [4.69, 9.17) is 9.84 Å². The van der Waals surface area contributed by atoms with E-state index in [1.165, 1.54) is 11.1 Å². The average molecular weight is 451 g/mol. The Kier molecular flexibility index (Phi) is 6.96. The van der Waals surface area contributed by atoms with Crippen molar-refractivity contribution in [2.45, 2.75) is 44.6 Å². The van der Waals surface area contributed by atoms with Gasteiger partial charge in [-0.25, -0.2) is 4.79 Å². The first-order chi connectivity index (χ1) is 16.0. The number of rotatable bonds is 8. The van der Waals surface area contributed by atoms with Crippen molar-refractivity contribution < 1.29 is 24.2 Å². The van der Waals surface area contributed by atoms with Gasteiger partial charge in [0.2, 0.25) is 5.91 Å². The van der Waals surface area contributed by atoms with Gasteiger partial charge in [-0.15, -0.1) is 0 Å². The highest BCUT2D eigenvalue weighted by atomic mass is 16.5. The number of fused-ring (bicyclic) bond motifs is 3. The first kappa shape index (κ1) is 22.8. The van der Waals surface area contributed by atoms with Gasteiger partial charge >= 0.3 is 12.1 Å². The molecule has 2 atom stereocenters. The fourth-order valence-corrected chi connectivity index (χ4v) is 5.04. The summed E-state index contributed by atoms with van der Waals surface area (Å²) in [7, 11) is 0. The number of likely N-dealkylation sites (tertiary alicyclic amines) is 1. The molecule has 0 spiro atoms. The maximum absolute atomic E-state index is 13.0. The molecule has 33 heavy (non-hydrogen) atoms. The molecule has 0 aromatic heterocycles. The van der Waals surface area contributed by atoms with Crippen molar-refractivity contribution in [1.29, 1.82) is 0 Å². The van der Waals surface area contributed by atoms with Gasteiger partial charge in [0.1, 0.15) is 6.61 Å². The summed E-state index contributed by atoms with van der Waals surface area (Å²) < 4.78 is 5.56. The molecule has 7 heteroatoms. The van der Waals surface area contributed by atoms with Crippen LogP contribution in [0.25, 0.3) is 11.1 Å². The van der Waals surface area contributed by atoms with Crippen molar-refractivity contribution in [2.75, 3.05) is 19.7 Å². The summed E-state index contributed by atoms with van der Waals surface area (Å²) in [5.74, 6) is -1.42.